The molecule has 1 rings (SSSR count). The summed E-state index contributed by atoms with van der Waals surface area (Å²) in [6, 6.07) is 0. The van der Waals surface area contributed by atoms with E-state index in [4.69, 9.17) is 9.90 Å². The van der Waals surface area contributed by atoms with E-state index < -0.39 is 0 Å². The van der Waals surface area contributed by atoms with E-state index in [-0.39, 0.29) is 12.6 Å². The summed E-state index contributed by atoms with van der Waals surface area (Å²) in [6.07, 6.45) is 8.81. The first-order valence-corrected chi connectivity index (χ1v) is 5.52. The molecule has 3 nitrogen and oxygen atoms in total. The highest BCUT2D eigenvalue weighted by atomic mass is 16.3. The van der Waals surface area contributed by atoms with Crippen LogP contribution in [0.5, 0.6) is 0 Å². The van der Waals surface area contributed by atoms with Gasteiger partial charge in [-0.25, -0.2) is 0 Å². The summed E-state index contributed by atoms with van der Waals surface area (Å²) < 4.78 is 0. The molecule has 0 aromatic heterocycles. The third-order valence-corrected chi connectivity index (χ3v) is 2.80. The Morgan fingerprint density at radius 2 is 2.00 bits per heavy atom. The molecule has 0 aromatic rings. The molecule has 0 spiro atoms. The first-order chi connectivity index (χ1) is 6.76. The first-order valence-electron chi connectivity index (χ1n) is 5.52. The zero-order chi connectivity index (χ0) is 10.8. The lowest BCUT2D eigenvalue weighted by Crippen LogP contribution is -2.12. The van der Waals surface area contributed by atoms with E-state index in [2.05, 4.69) is 6.92 Å². The van der Waals surface area contributed by atoms with Gasteiger partial charge in [0.05, 0.1) is 6.10 Å². The van der Waals surface area contributed by atoms with Crippen molar-refractivity contribution in [2.75, 3.05) is 0 Å². The van der Waals surface area contributed by atoms with E-state index in [1.807, 2.05) is 0 Å². The van der Waals surface area contributed by atoms with Crippen LogP contribution < -0.4 is 0 Å². The van der Waals surface area contributed by atoms with Gasteiger partial charge in [0.25, 0.3) is 6.47 Å². The molecule has 2 atom stereocenters. The summed E-state index contributed by atoms with van der Waals surface area (Å²) in [5, 5.41) is 16.4. The molecule has 1 aliphatic carbocycles. The van der Waals surface area contributed by atoms with Crippen LogP contribution in [-0.2, 0) is 4.79 Å². The topological polar surface area (TPSA) is 57.5 Å². The van der Waals surface area contributed by atoms with E-state index in [0.29, 0.717) is 5.92 Å². The average molecular weight is 202 g/mol. The van der Waals surface area contributed by atoms with Crippen LogP contribution in [0.4, 0.5) is 0 Å². The Balaban J connectivity index is 0.000000500. The summed E-state index contributed by atoms with van der Waals surface area (Å²) in [6.45, 7) is 1.98. The third-order valence-electron chi connectivity index (χ3n) is 2.80. The first kappa shape index (κ1) is 13.4. The zero-order valence-electron chi connectivity index (χ0n) is 8.98. The monoisotopic (exact) mass is 202 g/mol. The van der Waals surface area contributed by atoms with Crippen molar-refractivity contribution < 1.29 is 15.0 Å². The molecule has 1 fully saturated rings. The Morgan fingerprint density at radius 3 is 2.43 bits per heavy atom. The van der Waals surface area contributed by atoms with Crippen LogP contribution in [-0.4, -0.2) is 22.8 Å². The van der Waals surface area contributed by atoms with Gasteiger partial charge in [0.1, 0.15) is 0 Å². The molecule has 2 N–H and O–H groups in total. The van der Waals surface area contributed by atoms with E-state index in [1.165, 1.54) is 38.5 Å². The van der Waals surface area contributed by atoms with Crippen molar-refractivity contribution in [2.45, 2.75) is 58.0 Å². The number of carbonyl (C=O) groups is 1. The molecule has 0 saturated heterocycles. The minimum Gasteiger partial charge on any atom is -0.483 e. The van der Waals surface area contributed by atoms with Crippen LogP contribution in [0.1, 0.15) is 51.9 Å². The zero-order valence-corrected chi connectivity index (χ0v) is 8.98. The van der Waals surface area contributed by atoms with E-state index >= 15 is 0 Å². The SMILES string of the molecule is CCCCCC1CCCC1O.O=CO. The van der Waals surface area contributed by atoms with E-state index in [9.17, 15) is 5.11 Å². The summed E-state index contributed by atoms with van der Waals surface area (Å²) in [5.41, 5.74) is 0. The van der Waals surface area contributed by atoms with Crippen LogP contribution in [0.25, 0.3) is 0 Å². The van der Waals surface area contributed by atoms with Crippen molar-refractivity contribution in [2.24, 2.45) is 5.92 Å². The Hall–Kier alpha value is -0.570. The molecule has 2 unspecified atom stereocenters. The molecular formula is C11H22O3. The number of aliphatic hydroxyl groups excluding tert-OH is 1. The van der Waals surface area contributed by atoms with Gasteiger partial charge in [-0.1, -0.05) is 32.6 Å². The lowest BCUT2D eigenvalue weighted by molar-refractivity contribution is -0.122. The Labute approximate surface area is 86.1 Å². The number of unbranched alkanes of at least 4 members (excludes halogenated alkanes) is 2. The van der Waals surface area contributed by atoms with Gasteiger partial charge < -0.3 is 10.2 Å². The predicted molar refractivity (Wildman–Crippen MR) is 56.2 cm³/mol. The Bertz CT molecular complexity index is 136. The maximum atomic E-state index is 9.49. The average Bonchev–Trinajstić information content (AvgIpc) is 2.54. The highest BCUT2D eigenvalue weighted by Gasteiger charge is 2.23. The number of carboxylic acid groups (broad SMARTS) is 1. The van der Waals surface area contributed by atoms with Crippen LogP contribution >= 0.6 is 0 Å². The Morgan fingerprint density at radius 1 is 1.36 bits per heavy atom. The van der Waals surface area contributed by atoms with Gasteiger partial charge >= 0.3 is 0 Å². The fraction of sp³-hybridized carbons (Fsp3) is 0.909. The summed E-state index contributed by atoms with van der Waals surface area (Å²) in [4.78, 5) is 8.36. The van der Waals surface area contributed by atoms with Gasteiger partial charge in [0.15, 0.2) is 0 Å². The number of hydrogen-bond acceptors (Lipinski definition) is 2. The second-order valence-corrected chi connectivity index (χ2v) is 3.86. The number of aliphatic hydroxyl groups is 1. The molecule has 1 aliphatic rings. The molecule has 0 radical (unpaired) electrons. The summed E-state index contributed by atoms with van der Waals surface area (Å²) in [7, 11) is 0. The molecule has 0 heterocycles. The minimum atomic E-state index is -0.250. The molecule has 0 bridgehead atoms. The van der Waals surface area contributed by atoms with Crippen molar-refractivity contribution in [3.63, 3.8) is 0 Å². The van der Waals surface area contributed by atoms with Crippen molar-refractivity contribution >= 4 is 6.47 Å². The van der Waals surface area contributed by atoms with Crippen molar-refractivity contribution in [3.05, 3.63) is 0 Å². The van der Waals surface area contributed by atoms with Crippen LogP contribution in [0.3, 0.4) is 0 Å². The van der Waals surface area contributed by atoms with Crippen molar-refractivity contribution in [3.8, 4) is 0 Å². The largest absolute Gasteiger partial charge is 0.483 e. The maximum Gasteiger partial charge on any atom is 0.290 e. The number of rotatable bonds is 4. The van der Waals surface area contributed by atoms with Crippen molar-refractivity contribution in [1.29, 1.82) is 0 Å². The quantitative estimate of drug-likeness (QED) is 0.543. The lowest BCUT2D eigenvalue weighted by Gasteiger charge is -2.12. The molecule has 84 valence electrons. The second kappa shape index (κ2) is 9.00. The number of hydrogen-bond donors (Lipinski definition) is 2. The standard InChI is InChI=1S/C10H20O.CH2O2/c1-2-3-4-6-9-7-5-8-10(9)11;2-1-3/h9-11H,2-8H2,1H3;1H,(H,2,3). The summed E-state index contributed by atoms with van der Waals surface area (Å²) >= 11 is 0. The highest BCUT2D eigenvalue weighted by molar-refractivity contribution is 5.32. The molecule has 0 aliphatic heterocycles. The molecule has 0 aromatic carbocycles. The van der Waals surface area contributed by atoms with E-state index in [1.54, 1.807) is 0 Å². The highest BCUT2D eigenvalue weighted by Crippen LogP contribution is 2.29. The fourth-order valence-corrected chi connectivity index (χ4v) is 2.01. The molecule has 0 amide bonds. The molecular weight excluding hydrogens is 180 g/mol. The smallest absolute Gasteiger partial charge is 0.290 e. The third kappa shape index (κ3) is 5.97. The fourth-order valence-electron chi connectivity index (χ4n) is 2.01. The van der Waals surface area contributed by atoms with Gasteiger partial charge in [-0.05, 0) is 25.2 Å². The molecule has 3 heteroatoms. The van der Waals surface area contributed by atoms with Gasteiger partial charge in [0, 0.05) is 0 Å². The van der Waals surface area contributed by atoms with Gasteiger partial charge in [-0.2, -0.15) is 0 Å². The normalized spacial score (nSPS) is 25.3. The van der Waals surface area contributed by atoms with Crippen LogP contribution in [0.15, 0.2) is 0 Å². The predicted octanol–water partition coefficient (Wildman–Crippen LogP) is 2.43. The van der Waals surface area contributed by atoms with Crippen LogP contribution in [0, 0.1) is 5.92 Å². The molecule has 1 saturated carbocycles. The van der Waals surface area contributed by atoms with E-state index in [0.717, 1.165) is 6.42 Å². The van der Waals surface area contributed by atoms with Crippen LogP contribution in [0.2, 0.25) is 0 Å². The molecule has 14 heavy (non-hydrogen) atoms. The second-order valence-electron chi connectivity index (χ2n) is 3.86. The maximum absolute atomic E-state index is 9.49. The minimum absolute atomic E-state index is 0.0341. The lowest BCUT2D eigenvalue weighted by atomic mass is 9.98. The summed E-state index contributed by atoms with van der Waals surface area (Å²) in [5.74, 6) is 0.640. The van der Waals surface area contributed by atoms with Gasteiger partial charge in [-0.15, -0.1) is 0 Å². The van der Waals surface area contributed by atoms with Crippen molar-refractivity contribution in [1.82, 2.24) is 0 Å². The van der Waals surface area contributed by atoms with Gasteiger partial charge in [0.2, 0.25) is 0 Å². The van der Waals surface area contributed by atoms with Gasteiger partial charge in [-0.3, -0.25) is 4.79 Å². The Kier molecular flexibility index (Phi) is 8.64.